The average molecular weight is 108 g/mol. The third-order valence-corrected chi connectivity index (χ3v) is 2.15. The van der Waals surface area contributed by atoms with Gasteiger partial charge in [-0.15, -0.1) is 0 Å². The summed E-state index contributed by atoms with van der Waals surface area (Å²) >= 11 is 0. The van der Waals surface area contributed by atoms with Crippen LogP contribution in [0, 0.1) is 0 Å². The van der Waals surface area contributed by atoms with E-state index >= 15 is 0 Å². The first kappa shape index (κ1) is 3.84. The highest BCUT2D eigenvalue weighted by molar-refractivity contribution is 8.92. The second kappa shape index (κ2) is 1.41. The molecule has 0 spiro atoms. The number of methoxy groups -OCH3 is 1. The molecule has 0 saturated carbocycles. The summed E-state index contributed by atoms with van der Waals surface area (Å²) in [7, 11) is 5.25. The van der Waals surface area contributed by atoms with E-state index in [1.807, 2.05) is 0 Å². The minimum atomic E-state index is 0.468. The first-order valence-corrected chi connectivity index (χ1v) is 3.56. The van der Waals surface area contributed by atoms with E-state index in [9.17, 15) is 0 Å². The van der Waals surface area contributed by atoms with Gasteiger partial charge < -0.3 is 4.74 Å². The Kier molecular flexibility index (Phi) is 1.08. The maximum absolute atomic E-state index is 4.79. The van der Waals surface area contributed by atoms with Crippen molar-refractivity contribution in [3.8, 4) is 0 Å². The maximum atomic E-state index is 4.79. The molecule has 0 bridgehead atoms. The SMILES string of the molecule is COC1SS1. The molecule has 0 N–H and O–H groups in total. The Bertz CT molecular complexity index is 34.6. The van der Waals surface area contributed by atoms with Crippen molar-refractivity contribution in [2.45, 2.75) is 4.77 Å². The largest absolute Gasteiger partial charge is 0.359 e. The maximum Gasteiger partial charge on any atom is 0.169 e. The zero-order valence-electron chi connectivity index (χ0n) is 2.80. The Morgan fingerprint density at radius 1 is 1.60 bits per heavy atom. The number of ether oxygens (including phenoxy) is 1. The fraction of sp³-hybridized carbons (Fsp3) is 1.00. The van der Waals surface area contributed by atoms with Crippen LogP contribution in [0.25, 0.3) is 0 Å². The minimum absolute atomic E-state index is 0.468. The number of rotatable bonds is 1. The van der Waals surface area contributed by atoms with Gasteiger partial charge in [0.15, 0.2) is 4.77 Å². The van der Waals surface area contributed by atoms with Gasteiger partial charge in [0.2, 0.25) is 0 Å². The topological polar surface area (TPSA) is 9.23 Å². The minimum Gasteiger partial charge on any atom is -0.359 e. The summed E-state index contributed by atoms with van der Waals surface area (Å²) in [6.07, 6.45) is 0. The second-order valence-electron chi connectivity index (χ2n) is 0.717. The van der Waals surface area contributed by atoms with Crippen molar-refractivity contribution in [3.63, 3.8) is 0 Å². The van der Waals surface area contributed by atoms with Crippen LogP contribution < -0.4 is 0 Å². The highest BCUT2D eigenvalue weighted by Gasteiger charge is 2.22. The van der Waals surface area contributed by atoms with E-state index in [-0.39, 0.29) is 0 Å². The molecule has 1 rings (SSSR count). The van der Waals surface area contributed by atoms with Crippen LogP contribution in [-0.2, 0) is 4.74 Å². The van der Waals surface area contributed by atoms with Crippen LogP contribution in [-0.4, -0.2) is 11.9 Å². The van der Waals surface area contributed by atoms with E-state index in [1.54, 1.807) is 28.7 Å². The molecule has 1 nitrogen and oxygen atoms in total. The molecular weight excluding hydrogens is 104 g/mol. The summed E-state index contributed by atoms with van der Waals surface area (Å²) in [5, 5.41) is 0. The fourth-order valence-electron chi connectivity index (χ4n) is 0.101. The lowest BCUT2D eigenvalue weighted by Gasteiger charge is -1.76. The molecule has 0 atom stereocenters. The molecule has 30 valence electrons. The summed E-state index contributed by atoms with van der Waals surface area (Å²) in [6, 6.07) is 0. The molecule has 0 amide bonds. The van der Waals surface area contributed by atoms with Crippen LogP contribution in [0.1, 0.15) is 0 Å². The lowest BCUT2D eigenvalue weighted by molar-refractivity contribution is 0.243. The first-order valence-electron chi connectivity index (χ1n) is 1.28. The van der Waals surface area contributed by atoms with Gasteiger partial charge in [0.25, 0.3) is 0 Å². The standard InChI is InChI=1S/C2H4OS2/c1-3-2-4-5-2/h2H,1H3. The summed E-state index contributed by atoms with van der Waals surface area (Å²) in [4.78, 5) is 0. The Labute approximate surface area is 38.9 Å². The van der Waals surface area contributed by atoms with Gasteiger partial charge in [-0.2, -0.15) is 0 Å². The second-order valence-corrected chi connectivity index (χ2v) is 3.41. The zero-order chi connectivity index (χ0) is 3.70. The van der Waals surface area contributed by atoms with Crippen molar-refractivity contribution in [2.24, 2.45) is 0 Å². The zero-order valence-corrected chi connectivity index (χ0v) is 4.44. The van der Waals surface area contributed by atoms with Gasteiger partial charge in [-0.05, 0) is 21.6 Å². The summed E-state index contributed by atoms with van der Waals surface area (Å²) < 4.78 is 5.25. The molecule has 0 aromatic heterocycles. The van der Waals surface area contributed by atoms with E-state index in [1.165, 1.54) is 0 Å². The molecular formula is C2H4OS2. The van der Waals surface area contributed by atoms with Crippen LogP contribution >= 0.6 is 21.6 Å². The predicted octanol–water partition coefficient (Wildman–Crippen LogP) is 1.31. The molecule has 3 heteroatoms. The Hall–Kier alpha value is 0.660. The Balaban J connectivity index is 2.00. The molecule has 1 saturated heterocycles. The van der Waals surface area contributed by atoms with Gasteiger partial charge in [0.1, 0.15) is 0 Å². The van der Waals surface area contributed by atoms with Gasteiger partial charge in [-0.25, -0.2) is 0 Å². The van der Waals surface area contributed by atoms with E-state index in [0.29, 0.717) is 4.77 Å². The van der Waals surface area contributed by atoms with E-state index in [0.717, 1.165) is 0 Å². The highest BCUT2D eigenvalue weighted by atomic mass is 33.2. The average Bonchev–Trinajstić information content (AvgIpc) is 2.12. The molecule has 0 aliphatic carbocycles. The van der Waals surface area contributed by atoms with E-state index in [4.69, 9.17) is 4.74 Å². The summed E-state index contributed by atoms with van der Waals surface area (Å²) in [5.74, 6) is 0. The molecule has 5 heavy (non-hydrogen) atoms. The summed E-state index contributed by atoms with van der Waals surface area (Å²) in [6.45, 7) is 0. The molecule has 1 aliphatic heterocycles. The quantitative estimate of drug-likeness (QED) is 0.370. The number of hydrogen-bond acceptors (Lipinski definition) is 3. The third kappa shape index (κ3) is 1.03. The Morgan fingerprint density at radius 2 is 2.20 bits per heavy atom. The van der Waals surface area contributed by atoms with Crippen molar-refractivity contribution in [3.05, 3.63) is 0 Å². The molecule has 0 aromatic rings. The van der Waals surface area contributed by atoms with Gasteiger partial charge in [0.05, 0.1) is 0 Å². The van der Waals surface area contributed by atoms with Crippen molar-refractivity contribution in [1.29, 1.82) is 0 Å². The first-order chi connectivity index (χ1) is 2.43. The van der Waals surface area contributed by atoms with Gasteiger partial charge >= 0.3 is 0 Å². The number of hydrogen-bond donors (Lipinski definition) is 0. The van der Waals surface area contributed by atoms with Crippen LogP contribution in [0.2, 0.25) is 0 Å². The molecule has 0 unspecified atom stereocenters. The lowest BCUT2D eigenvalue weighted by atomic mass is 11.5. The smallest absolute Gasteiger partial charge is 0.169 e. The monoisotopic (exact) mass is 108 g/mol. The fourth-order valence-corrected chi connectivity index (χ4v) is 0.911. The van der Waals surface area contributed by atoms with Crippen molar-refractivity contribution >= 4 is 21.6 Å². The van der Waals surface area contributed by atoms with E-state index in [2.05, 4.69) is 0 Å². The van der Waals surface area contributed by atoms with Gasteiger partial charge in [-0.1, -0.05) is 0 Å². The normalized spacial score (nSPS) is 23.4. The predicted molar refractivity (Wildman–Crippen MR) is 26.0 cm³/mol. The Morgan fingerprint density at radius 3 is 2.20 bits per heavy atom. The molecule has 0 aromatic carbocycles. The summed E-state index contributed by atoms with van der Waals surface area (Å²) in [5.41, 5.74) is 0. The molecule has 1 heterocycles. The van der Waals surface area contributed by atoms with Gasteiger partial charge in [-0.3, -0.25) is 0 Å². The lowest BCUT2D eigenvalue weighted by Crippen LogP contribution is -1.75. The van der Waals surface area contributed by atoms with Crippen molar-refractivity contribution in [1.82, 2.24) is 0 Å². The molecule has 1 aliphatic rings. The molecule has 0 radical (unpaired) electrons. The van der Waals surface area contributed by atoms with Crippen molar-refractivity contribution < 1.29 is 4.74 Å². The van der Waals surface area contributed by atoms with Crippen LogP contribution in [0.5, 0.6) is 0 Å². The van der Waals surface area contributed by atoms with Crippen LogP contribution in [0.3, 0.4) is 0 Å². The van der Waals surface area contributed by atoms with E-state index < -0.39 is 0 Å². The van der Waals surface area contributed by atoms with Gasteiger partial charge in [0, 0.05) is 7.11 Å². The third-order valence-electron chi connectivity index (χ3n) is 0.367. The highest BCUT2D eigenvalue weighted by Crippen LogP contribution is 2.53. The molecule has 1 fully saturated rings. The van der Waals surface area contributed by atoms with Crippen LogP contribution in [0.15, 0.2) is 0 Å². The van der Waals surface area contributed by atoms with Crippen LogP contribution in [0.4, 0.5) is 0 Å². The van der Waals surface area contributed by atoms with Crippen molar-refractivity contribution in [2.75, 3.05) is 7.11 Å².